The molecule has 0 saturated heterocycles. The highest BCUT2D eigenvalue weighted by Gasteiger charge is 2.23. The number of halogens is 1. The zero-order valence-corrected chi connectivity index (χ0v) is 14.6. The van der Waals surface area contributed by atoms with E-state index < -0.39 is 10.9 Å². The molecule has 27 heavy (non-hydrogen) atoms. The summed E-state index contributed by atoms with van der Waals surface area (Å²) in [7, 11) is 0. The first-order valence-electron chi connectivity index (χ1n) is 7.98. The van der Waals surface area contributed by atoms with Crippen LogP contribution >= 0.6 is 11.6 Å². The highest BCUT2D eigenvalue weighted by molar-refractivity contribution is 6.38. The molecule has 1 N–H and O–H groups in total. The van der Waals surface area contributed by atoms with Gasteiger partial charge in [0.05, 0.1) is 16.6 Å². The van der Waals surface area contributed by atoms with E-state index in [1.54, 1.807) is 12.1 Å². The van der Waals surface area contributed by atoms with E-state index in [0.29, 0.717) is 27.8 Å². The van der Waals surface area contributed by atoms with Crippen molar-refractivity contribution in [3.8, 4) is 5.75 Å². The molecule has 1 aliphatic heterocycles. The fourth-order valence-corrected chi connectivity index (χ4v) is 3.25. The average molecular weight is 389 g/mol. The van der Waals surface area contributed by atoms with Crippen molar-refractivity contribution < 1.29 is 23.9 Å². The molecule has 2 heterocycles. The van der Waals surface area contributed by atoms with Gasteiger partial charge in [-0.25, -0.2) is 4.79 Å². The van der Waals surface area contributed by atoms with Gasteiger partial charge in [0.1, 0.15) is 18.1 Å². The average Bonchev–Trinajstić information content (AvgIpc) is 3.02. The molecule has 0 unspecified atom stereocenters. The normalized spacial score (nSPS) is 13.1. The van der Waals surface area contributed by atoms with Crippen molar-refractivity contribution in [2.75, 3.05) is 6.79 Å². The Labute approximate surface area is 157 Å². The van der Waals surface area contributed by atoms with Crippen molar-refractivity contribution in [1.82, 2.24) is 4.98 Å². The molecule has 0 fully saturated rings. The summed E-state index contributed by atoms with van der Waals surface area (Å²) in [5, 5.41) is 12.1. The number of nitrogens with one attached hydrogen (secondary N) is 1. The van der Waals surface area contributed by atoms with Gasteiger partial charge in [0, 0.05) is 34.2 Å². The largest absolute Gasteiger partial charge is 0.467 e. The molecule has 1 aliphatic rings. The van der Waals surface area contributed by atoms with Gasteiger partial charge >= 0.3 is 5.97 Å². The minimum absolute atomic E-state index is 0.0274. The predicted molar refractivity (Wildman–Crippen MR) is 95.8 cm³/mol. The molecule has 138 valence electrons. The summed E-state index contributed by atoms with van der Waals surface area (Å²) in [6, 6.07) is 9.92. The maximum atomic E-state index is 12.5. The highest BCUT2D eigenvalue weighted by Crippen LogP contribution is 2.33. The van der Waals surface area contributed by atoms with Gasteiger partial charge in [0.2, 0.25) is 0 Å². The van der Waals surface area contributed by atoms with Crippen LogP contribution in [0.5, 0.6) is 5.75 Å². The van der Waals surface area contributed by atoms with Crippen molar-refractivity contribution in [3.05, 3.63) is 68.4 Å². The molecule has 0 spiro atoms. The Morgan fingerprint density at radius 3 is 2.93 bits per heavy atom. The number of hydrogen-bond donors (Lipinski definition) is 1. The maximum Gasteiger partial charge on any atom is 0.356 e. The lowest BCUT2D eigenvalue weighted by atomic mass is 10.1. The molecular formula is C18H13ClN2O6. The maximum absolute atomic E-state index is 12.5. The van der Waals surface area contributed by atoms with Crippen LogP contribution in [0.1, 0.15) is 21.6 Å². The van der Waals surface area contributed by atoms with Crippen LogP contribution in [-0.4, -0.2) is 22.7 Å². The molecule has 8 nitrogen and oxygen atoms in total. The third-order valence-corrected chi connectivity index (χ3v) is 4.58. The van der Waals surface area contributed by atoms with Gasteiger partial charge in [-0.05, 0) is 6.07 Å². The van der Waals surface area contributed by atoms with E-state index in [-0.39, 0.29) is 36.4 Å². The Morgan fingerprint density at radius 2 is 2.15 bits per heavy atom. The van der Waals surface area contributed by atoms with Crippen LogP contribution in [0.15, 0.2) is 36.4 Å². The molecule has 0 bridgehead atoms. The summed E-state index contributed by atoms with van der Waals surface area (Å²) >= 11 is 6.25. The zero-order chi connectivity index (χ0) is 19.0. The predicted octanol–water partition coefficient (Wildman–Crippen LogP) is 3.95. The fourth-order valence-electron chi connectivity index (χ4n) is 2.96. The number of H-pyrrole nitrogens is 1. The number of carbonyl (C=O) groups is 1. The smallest absolute Gasteiger partial charge is 0.356 e. The summed E-state index contributed by atoms with van der Waals surface area (Å²) < 4.78 is 15.9. The zero-order valence-electron chi connectivity index (χ0n) is 13.9. The van der Waals surface area contributed by atoms with Gasteiger partial charge in [-0.1, -0.05) is 29.8 Å². The SMILES string of the molecule is O=C(OCc1cc([N+](=O)[O-])cc2c1OCOC2)c1[nH]c2ccccc2c1Cl. The molecule has 0 amide bonds. The van der Waals surface area contributed by atoms with Crippen LogP contribution in [-0.2, 0) is 22.7 Å². The second kappa shape index (κ2) is 6.90. The minimum Gasteiger partial charge on any atom is -0.467 e. The second-order valence-electron chi connectivity index (χ2n) is 5.90. The van der Waals surface area contributed by atoms with E-state index in [1.165, 1.54) is 12.1 Å². The number of para-hydroxylation sites is 1. The Kier molecular flexibility index (Phi) is 4.43. The van der Waals surface area contributed by atoms with Gasteiger partial charge in [0.15, 0.2) is 6.79 Å². The quantitative estimate of drug-likeness (QED) is 0.412. The van der Waals surface area contributed by atoms with Gasteiger partial charge in [0.25, 0.3) is 5.69 Å². The van der Waals surface area contributed by atoms with E-state index in [0.717, 1.165) is 0 Å². The molecule has 9 heteroatoms. The van der Waals surface area contributed by atoms with Crippen molar-refractivity contribution >= 4 is 34.2 Å². The van der Waals surface area contributed by atoms with Crippen LogP contribution in [0, 0.1) is 10.1 Å². The number of non-ortho nitro benzene ring substituents is 1. The van der Waals surface area contributed by atoms with Crippen molar-refractivity contribution in [2.24, 2.45) is 0 Å². The van der Waals surface area contributed by atoms with Crippen LogP contribution in [0.3, 0.4) is 0 Å². The van der Waals surface area contributed by atoms with E-state index in [9.17, 15) is 14.9 Å². The summed E-state index contributed by atoms with van der Waals surface area (Å²) in [6.45, 7) is 0.0138. The Hall–Kier alpha value is -3.10. The third-order valence-electron chi connectivity index (χ3n) is 4.19. The minimum atomic E-state index is -0.663. The lowest BCUT2D eigenvalue weighted by Crippen LogP contribution is -2.15. The molecule has 2 aromatic carbocycles. The van der Waals surface area contributed by atoms with Crippen molar-refractivity contribution in [1.29, 1.82) is 0 Å². The van der Waals surface area contributed by atoms with E-state index in [2.05, 4.69) is 4.98 Å². The lowest BCUT2D eigenvalue weighted by Gasteiger charge is -2.20. The number of ether oxygens (including phenoxy) is 3. The first-order valence-corrected chi connectivity index (χ1v) is 8.36. The number of aromatic nitrogens is 1. The van der Waals surface area contributed by atoms with Gasteiger partial charge < -0.3 is 19.2 Å². The Bertz CT molecular complexity index is 1060. The number of esters is 1. The molecule has 0 radical (unpaired) electrons. The number of rotatable bonds is 4. The Morgan fingerprint density at radius 1 is 1.33 bits per heavy atom. The molecule has 1 aromatic heterocycles. The first-order chi connectivity index (χ1) is 13.0. The fraction of sp³-hybridized carbons (Fsp3) is 0.167. The topological polar surface area (TPSA) is 104 Å². The number of fused-ring (bicyclic) bond motifs is 2. The molecule has 0 atom stereocenters. The summed E-state index contributed by atoms with van der Waals surface area (Å²) in [4.78, 5) is 26.0. The van der Waals surface area contributed by atoms with Crippen LogP contribution in [0.25, 0.3) is 10.9 Å². The molecule has 4 rings (SSSR count). The number of aromatic amines is 1. The van der Waals surface area contributed by atoms with E-state index >= 15 is 0 Å². The molecule has 3 aromatic rings. The number of nitro benzene ring substituents is 1. The van der Waals surface area contributed by atoms with Crippen molar-refractivity contribution in [3.63, 3.8) is 0 Å². The van der Waals surface area contributed by atoms with Gasteiger partial charge in [-0.2, -0.15) is 0 Å². The monoisotopic (exact) mass is 388 g/mol. The molecule has 0 saturated carbocycles. The second-order valence-corrected chi connectivity index (χ2v) is 6.27. The van der Waals surface area contributed by atoms with E-state index in [4.69, 9.17) is 25.8 Å². The number of nitro groups is 1. The summed E-state index contributed by atoms with van der Waals surface area (Å²) in [5.74, 6) is -0.231. The van der Waals surface area contributed by atoms with Crippen LogP contribution in [0.4, 0.5) is 5.69 Å². The third kappa shape index (κ3) is 3.20. The van der Waals surface area contributed by atoms with Crippen molar-refractivity contribution in [2.45, 2.75) is 13.2 Å². The Balaban J connectivity index is 1.61. The van der Waals surface area contributed by atoms with Crippen LogP contribution < -0.4 is 4.74 Å². The number of nitrogens with zero attached hydrogens (tertiary/aromatic N) is 1. The van der Waals surface area contributed by atoms with Crippen LogP contribution in [0.2, 0.25) is 5.02 Å². The lowest BCUT2D eigenvalue weighted by molar-refractivity contribution is -0.385. The summed E-state index contributed by atoms with van der Waals surface area (Å²) in [5.41, 5.74) is 1.63. The molecular weight excluding hydrogens is 376 g/mol. The number of carbonyl (C=O) groups excluding carboxylic acids is 1. The number of benzene rings is 2. The van der Waals surface area contributed by atoms with Gasteiger partial charge in [-0.3, -0.25) is 10.1 Å². The van der Waals surface area contributed by atoms with Gasteiger partial charge in [-0.15, -0.1) is 0 Å². The van der Waals surface area contributed by atoms with E-state index in [1.807, 2.05) is 12.1 Å². The highest BCUT2D eigenvalue weighted by atomic mass is 35.5. The summed E-state index contributed by atoms with van der Waals surface area (Å²) in [6.07, 6.45) is 0. The molecule has 0 aliphatic carbocycles. The first kappa shape index (κ1) is 17.3. The number of hydrogen-bond acceptors (Lipinski definition) is 6. The standard InChI is InChI=1S/C18H13ClN2O6/c19-15-13-3-1-2-4-14(13)20-16(15)18(22)26-8-11-6-12(21(23)24)5-10-7-25-9-27-17(10)11/h1-6,20H,7-9H2.